The predicted molar refractivity (Wildman–Crippen MR) is 99.6 cm³/mol. The Bertz CT molecular complexity index is 838. The highest BCUT2D eigenvalue weighted by Crippen LogP contribution is 2.28. The van der Waals surface area contributed by atoms with Crippen LogP contribution in [-0.2, 0) is 16.0 Å². The number of carbonyl (C=O) groups is 2. The molecule has 0 saturated heterocycles. The van der Waals surface area contributed by atoms with Crippen LogP contribution in [0.5, 0.6) is 0 Å². The van der Waals surface area contributed by atoms with E-state index in [1.807, 2.05) is 25.1 Å². The lowest BCUT2D eigenvalue weighted by molar-refractivity contribution is -0.387. The summed E-state index contributed by atoms with van der Waals surface area (Å²) in [6.07, 6.45) is 2.54. The molecule has 26 heavy (non-hydrogen) atoms. The van der Waals surface area contributed by atoms with E-state index in [1.165, 1.54) is 23.9 Å². The molecular weight excluding hydrogens is 356 g/mol. The summed E-state index contributed by atoms with van der Waals surface area (Å²) in [5.41, 5.74) is 1.54. The number of nitrogens with one attached hydrogen (secondary N) is 1. The fraction of sp³-hybridized carbons (Fsp3) is 0.222. The number of aryl methyl sites for hydroxylation is 1. The Morgan fingerprint density at radius 1 is 1.23 bits per heavy atom. The third-order valence-corrected chi connectivity index (χ3v) is 4.35. The van der Waals surface area contributed by atoms with Crippen LogP contribution in [0.4, 0.5) is 11.4 Å². The summed E-state index contributed by atoms with van der Waals surface area (Å²) in [5, 5.41) is 13.7. The molecule has 0 fully saturated rings. The molecule has 2 aromatic rings. The molecule has 0 aliphatic heterocycles. The summed E-state index contributed by atoms with van der Waals surface area (Å²) in [6.45, 7) is 1.53. The first-order valence-corrected chi connectivity index (χ1v) is 9.05. The van der Waals surface area contributed by atoms with Gasteiger partial charge in [-0.3, -0.25) is 14.9 Å². The molecule has 0 radical (unpaired) electrons. The van der Waals surface area contributed by atoms with Crippen molar-refractivity contribution in [3.63, 3.8) is 0 Å². The number of benzene rings is 2. The number of thioether (sulfide) groups is 1. The minimum atomic E-state index is -0.793. The van der Waals surface area contributed by atoms with Crippen molar-refractivity contribution >= 4 is 35.0 Å². The standard InChI is InChI=1S/C18H18N2O5S/c1-3-12-5-4-6-14(9-12)19-17(21)11-25-18(22)13-7-8-16(26-2)15(10-13)20(23)24/h4-10H,3,11H2,1-2H3,(H,19,21). The number of nitro benzene ring substituents is 1. The van der Waals surface area contributed by atoms with E-state index in [4.69, 9.17) is 4.74 Å². The molecule has 8 heteroatoms. The van der Waals surface area contributed by atoms with E-state index in [0.29, 0.717) is 10.6 Å². The van der Waals surface area contributed by atoms with Crippen molar-refractivity contribution in [2.24, 2.45) is 0 Å². The van der Waals surface area contributed by atoms with E-state index in [0.717, 1.165) is 18.1 Å². The Hall–Kier alpha value is -2.87. The van der Waals surface area contributed by atoms with Crippen molar-refractivity contribution in [1.29, 1.82) is 0 Å². The van der Waals surface area contributed by atoms with Crippen LogP contribution in [0.1, 0.15) is 22.8 Å². The first-order chi connectivity index (χ1) is 12.4. The number of hydrogen-bond donors (Lipinski definition) is 1. The molecule has 0 heterocycles. The van der Waals surface area contributed by atoms with Crippen molar-refractivity contribution < 1.29 is 19.2 Å². The maximum atomic E-state index is 12.0. The van der Waals surface area contributed by atoms with Gasteiger partial charge in [0.1, 0.15) is 0 Å². The topological polar surface area (TPSA) is 98.5 Å². The van der Waals surface area contributed by atoms with Gasteiger partial charge in [0.25, 0.3) is 11.6 Å². The summed E-state index contributed by atoms with van der Waals surface area (Å²) < 4.78 is 4.95. The van der Waals surface area contributed by atoms with Gasteiger partial charge in [0.05, 0.1) is 15.4 Å². The second kappa shape index (κ2) is 9.00. The Morgan fingerprint density at radius 3 is 2.65 bits per heavy atom. The zero-order valence-electron chi connectivity index (χ0n) is 14.4. The molecular formula is C18H18N2O5S. The number of ether oxygens (including phenoxy) is 1. The summed E-state index contributed by atoms with van der Waals surface area (Å²) in [4.78, 5) is 34.9. The number of rotatable bonds is 7. The number of carbonyl (C=O) groups excluding carboxylic acids is 2. The Balaban J connectivity index is 1.98. The van der Waals surface area contributed by atoms with Crippen molar-refractivity contribution in [1.82, 2.24) is 0 Å². The van der Waals surface area contributed by atoms with Gasteiger partial charge in [0, 0.05) is 11.8 Å². The van der Waals surface area contributed by atoms with Gasteiger partial charge in [-0.2, -0.15) is 0 Å². The third kappa shape index (κ3) is 5.06. The molecule has 0 aliphatic rings. The zero-order valence-corrected chi connectivity index (χ0v) is 15.2. The molecule has 0 spiro atoms. The number of esters is 1. The van der Waals surface area contributed by atoms with Gasteiger partial charge in [0.2, 0.25) is 0 Å². The Kier molecular flexibility index (Phi) is 6.74. The minimum Gasteiger partial charge on any atom is -0.452 e. The molecule has 7 nitrogen and oxygen atoms in total. The van der Waals surface area contributed by atoms with Gasteiger partial charge < -0.3 is 10.1 Å². The monoisotopic (exact) mass is 374 g/mol. The van der Waals surface area contributed by atoms with Crippen molar-refractivity contribution in [2.45, 2.75) is 18.2 Å². The molecule has 2 rings (SSSR count). The molecule has 0 aromatic heterocycles. The first kappa shape index (κ1) is 19.5. The highest BCUT2D eigenvalue weighted by Gasteiger charge is 2.18. The second-order valence-electron chi connectivity index (χ2n) is 5.32. The third-order valence-electron chi connectivity index (χ3n) is 3.56. The Labute approximate surface area is 154 Å². The van der Waals surface area contributed by atoms with E-state index >= 15 is 0 Å². The smallest absolute Gasteiger partial charge is 0.338 e. The molecule has 0 saturated carbocycles. The summed E-state index contributed by atoms with van der Waals surface area (Å²) in [5.74, 6) is -1.28. The quantitative estimate of drug-likeness (QED) is 0.344. The maximum absolute atomic E-state index is 12.0. The number of nitrogens with zero attached hydrogens (tertiary/aromatic N) is 1. The maximum Gasteiger partial charge on any atom is 0.338 e. The van der Waals surface area contributed by atoms with Gasteiger partial charge >= 0.3 is 5.97 Å². The molecule has 0 bridgehead atoms. The summed E-state index contributed by atoms with van der Waals surface area (Å²) >= 11 is 1.21. The van der Waals surface area contributed by atoms with Crippen LogP contribution >= 0.6 is 11.8 Å². The molecule has 0 atom stereocenters. The van der Waals surface area contributed by atoms with E-state index in [1.54, 1.807) is 12.3 Å². The van der Waals surface area contributed by atoms with Gasteiger partial charge in [-0.05, 0) is 42.5 Å². The lowest BCUT2D eigenvalue weighted by Gasteiger charge is -2.08. The molecule has 1 amide bonds. The summed E-state index contributed by atoms with van der Waals surface area (Å²) in [7, 11) is 0. The highest BCUT2D eigenvalue weighted by molar-refractivity contribution is 7.98. The van der Waals surface area contributed by atoms with Gasteiger partial charge in [-0.25, -0.2) is 4.79 Å². The van der Waals surface area contributed by atoms with Crippen LogP contribution in [0.3, 0.4) is 0 Å². The van der Waals surface area contributed by atoms with Gasteiger partial charge in [0.15, 0.2) is 6.61 Å². The second-order valence-corrected chi connectivity index (χ2v) is 6.17. The minimum absolute atomic E-state index is 0.0234. The van der Waals surface area contributed by atoms with Crippen molar-refractivity contribution in [3.05, 3.63) is 63.7 Å². The molecule has 136 valence electrons. The van der Waals surface area contributed by atoms with Crippen LogP contribution in [0.15, 0.2) is 47.4 Å². The van der Waals surface area contributed by atoms with Crippen LogP contribution < -0.4 is 5.32 Å². The van der Waals surface area contributed by atoms with Crippen LogP contribution in [0.2, 0.25) is 0 Å². The molecule has 0 unspecified atom stereocenters. The lowest BCUT2D eigenvalue weighted by Crippen LogP contribution is -2.21. The molecule has 2 aromatic carbocycles. The Morgan fingerprint density at radius 2 is 2.00 bits per heavy atom. The fourth-order valence-electron chi connectivity index (χ4n) is 2.24. The van der Waals surface area contributed by atoms with Gasteiger partial charge in [-0.1, -0.05) is 19.1 Å². The molecule has 0 aliphatic carbocycles. The SMILES string of the molecule is CCc1cccc(NC(=O)COC(=O)c2ccc(SC)c([N+](=O)[O-])c2)c1. The average Bonchev–Trinajstić information content (AvgIpc) is 2.65. The van der Waals surface area contributed by atoms with E-state index < -0.39 is 23.4 Å². The largest absolute Gasteiger partial charge is 0.452 e. The highest BCUT2D eigenvalue weighted by atomic mass is 32.2. The predicted octanol–water partition coefficient (Wildman–Crippen LogP) is 3.67. The van der Waals surface area contributed by atoms with E-state index in [2.05, 4.69) is 5.32 Å². The van der Waals surface area contributed by atoms with E-state index in [9.17, 15) is 19.7 Å². The number of amides is 1. The van der Waals surface area contributed by atoms with Crippen molar-refractivity contribution in [3.8, 4) is 0 Å². The zero-order chi connectivity index (χ0) is 19.1. The normalized spacial score (nSPS) is 10.2. The molecule has 1 N–H and O–H groups in total. The van der Waals surface area contributed by atoms with Crippen molar-refractivity contribution in [2.75, 3.05) is 18.2 Å². The van der Waals surface area contributed by atoms with Crippen LogP contribution in [-0.4, -0.2) is 29.7 Å². The number of anilines is 1. The van der Waals surface area contributed by atoms with E-state index in [-0.39, 0.29) is 11.3 Å². The van der Waals surface area contributed by atoms with Crippen LogP contribution in [0, 0.1) is 10.1 Å². The fourth-order valence-corrected chi connectivity index (χ4v) is 2.79. The average molecular weight is 374 g/mol. The van der Waals surface area contributed by atoms with Gasteiger partial charge in [-0.15, -0.1) is 11.8 Å². The van der Waals surface area contributed by atoms with Crippen LogP contribution in [0.25, 0.3) is 0 Å². The lowest BCUT2D eigenvalue weighted by atomic mass is 10.1. The first-order valence-electron chi connectivity index (χ1n) is 7.83. The number of nitro groups is 1. The summed E-state index contributed by atoms with van der Waals surface area (Å²) in [6, 6.07) is 11.4. The number of hydrogen-bond acceptors (Lipinski definition) is 6.